The maximum absolute atomic E-state index is 13.0. The summed E-state index contributed by atoms with van der Waals surface area (Å²) in [7, 11) is 0. The van der Waals surface area contributed by atoms with Crippen LogP contribution in [0.3, 0.4) is 0 Å². The zero-order chi connectivity index (χ0) is 21.7. The van der Waals surface area contributed by atoms with E-state index in [9.17, 15) is 4.79 Å². The van der Waals surface area contributed by atoms with Crippen LogP contribution in [0.5, 0.6) is 0 Å². The molecule has 171 valence electrons. The van der Waals surface area contributed by atoms with Crippen molar-refractivity contribution in [1.29, 1.82) is 0 Å². The number of rotatable bonds is 8. The smallest absolute Gasteiger partial charge is 1.00 e. The molecular formula is C26H34Cl2HfNOSi. The summed E-state index contributed by atoms with van der Waals surface area (Å²) in [6, 6.07) is 22.1. The number of hydrogen-bond donors (Lipinski definition) is 1. The minimum Gasteiger partial charge on any atom is -1.00 e. The minimum atomic E-state index is -2.75. The predicted octanol–water partition coefficient (Wildman–Crippen LogP) is -1.37. The summed E-state index contributed by atoms with van der Waals surface area (Å²) in [6.45, 7) is 11.3. The first-order chi connectivity index (χ1) is 14.5. The van der Waals surface area contributed by atoms with E-state index < -0.39 is 26.9 Å². The fourth-order valence-corrected chi connectivity index (χ4v) is 35.2. The van der Waals surface area contributed by atoms with Crippen LogP contribution in [0.4, 0.5) is 0 Å². The van der Waals surface area contributed by atoms with Gasteiger partial charge in [-0.15, -0.1) is 0 Å². The van der Waals surface area contributed by atoms with Gasteiger partial charge in [-0.05, 0) is 0 Å². The van der Waals surface area contributed by atoms with Gasteiger partial charge in [0.25, 0.3) is 0 Å². The Morgan fingerprint density at radius 1 is 0.906 bits per heavy atom. The molecule has 3 rings (SSSR count). The summed E-state index contributed by atoms with van der Waals surface area (Å²) < 4.78 is 5.37. The SMILES string of the molecule is CCCCC(=O)[NH][Hf+2]([C]1=C(C)C(C)=C(C)C1C)[SiH](c1ccccc1)c1ccccc1.[Cl-].[Cl-]. The second-order valence-corrected chi connectivity index (χ2v) is 27.3. The molecule has 1 unspecified atom stereocenters. The molecule has 32 heavy (non-hydrogen) atoms. The molecule has 0 aromatic heterocycles. The van der Waals surface area contributed by atoms with Crippen LogP contribution in [0.15, 0.2) is 80.7 Å². The monoisotopic (exact) mass is 654 g/mol. The van der Waals surface area contributed by atoms with Crippen molar-refractivity contribution in [2.24, 2.45) is 5.92 Å². The quantitative estimate of drug-likeness (QED) is 0.351. The molecule has 2 nitrogen and oxygen atoms in total. The van der Waals surface area contributed by atoms with E-state index in [1.807, 2.05) is 0 Å². The molecular weight excluding hydrogens is 620 g/mol. The van der Waals surface area contributed by atoms with Crippen molar-refractivity contribution in [3.8, 4) is 0 Å². The van der Waals surface area contributed by atoms with Crippen LogP contribution in [-0.4, -0.2) is 11.9 Å². The molecule has 0 saturated heterocycles. The van der Waals surface area contributed by atoms with Gasteiger partial charge in [-0.2, -0.15) is 0 Å². The Morgan fingerprint density at radius 3 is 1.81 bits per heavy atom. The molecule has 1 amide bonds. The number of unbranched alkanes of at least 4 members (excludes halogenated alkanes) is 1. The second kappa shape index (κ2) is 13.7. The van der Waals surface area contributed by atoms with Gasteiger partial charge in [0.15, 0.2) is 0 Å². The Morgan fingerprint density at radius 2 is 1.41 bits per heavy atom. The molecule has 0 saturated carbocycles. The Balaban J connectivity index is 0.00000256. The Labute approximate surface area is 215 Å². The van der Waals surface area contributed by atoms with E-state index in [0.29, 0.717) is 12.3 Å². The average molecular weight is 654 g/mol. The summed E-state index contributed by atoms with van der Waals surface area (Å²) in [6.07, 6.45) is 2.68. The van der Waals surface area contributed by atoms with E-state index in [-0.39, 0.29) is 30.7 Å². The topological polar surface area (TPSA) is 29.1 Å². The molecule has 0 spiro atoms. The molecule has 0 fully saturated rings. The van der Waals surface area contributed by atoms with Crippen molar-refractivity contribution in [1.82, 2.24) is 3.30 Å². The molecule has 2 aromatic rings. The molecule has 2 aromatic carbocycles. The van der Waals surface area contributed by atoms with E-state index in [1.165, 1.54) is 27.1 Å². The number of hydrogen-bond acceptors (Lipinski definition) is 1. The molecule has 1 atom stereocenters. The largest absolute Gasteiger partial charge is 1.00 e. The van der Waals surface area contributed by atoms with Crippen LogP contribution >= 0.6 is 0 Å². The van der Waals surface area contributed by atoms with Crippen LogP contribution in [0, 0.1) is 5.92 Å². The van der Waals surface area contributed by atoms with Gasteiger partial charge in [0.1, 0.15) is 0 Å². The van der Waals surface area contributed by atoms with Gasteiger partial charge in [0.2, 0.25) is 0 Å². The molecule has 0 bridgehead atoms. The zero-order valence-corrected chi connectivity index (χ0v) is 26.0. The van der Waals surface area contributed by atoms with Gasteiger partial charge < -0.3 is 24.8 Å². The Kier molecular flexibility index (Phi) is 12.4. The summed E-state index contributed by atoms with van der Waals surface area (Å²) >= 11 is -2.75. The number of benzene rings is 2. The van der Waals surface area contributed by atoms with E-state index in [1.54, 1.807) is 3.33 Å². The summed E-state index contributed by atoms with van der Waals surface area (Å²) in [5, 5.41) is 2.94. The van der Waals surface area contributed by atoms with E-state index in [4.69, 9.17) is 0 Å². The summed E-state index contributed by atoms with van der Waals surface area (Å²) in [5.41, 5.74) is 4.39. The number of amides is 1. The fraction of sp³-hybridized carbons (Fsp3) is 0.346. The molecule has 0 radical (unpaired) electrons. The van der Waals surface area contributed by atoms with Crippen molar-refractivity contribution in [2.75, 3.05) is 0 Å². The number of carbonyl (C=O) groups excluding carboxylic acids is 1. The third-order valence-electron chi connectivity index (χ3n) is 6.52. The van der Waals surface area contributed by atoms with Gasteiger partial charge in [0.05, 0.1) is 0 Å². The van der Waals surface area contributed by atoms with Crippen LogP contribution in [-0.2, 0) is 25.7 Å². The van der Waals surface area contributed by atoms with Gasteiger partial charge >= 0.3 is 192 Å². The molecule has 0 aliphatic heterocycles. The van der Waals surface area contributed by atoms with Crippen LogP contribution in [0.1, 0.15) is 53.9 Å². The molecule has 1 aliphatic carbocycles. The van der Waals surface area contributed by atoms with Crippen molar-refractivity contribution < 1.29 is 50.5 Å². The van der Waals surface area contributed by atoms with Crippen molar-refractivity contribution in [3.63, 3.8) is 0 Å². The number of allylic oxidation sites excluding steroid dienone is 4. The van der Waals surface area contributed by atoms with E-state index >= 15 is 0 Å². The first-order valence-electron chi connectivity index (χ1n) is 11.1. The van der Waals surface area contributed by atoms with Crippen LogP contribution in [0.25, 0.3) is 0 Å². The predicted molar refractivity (Wildman–Crippen MR) is 127 cm³/mol. The van der Waals surface area contributed by atoms with E-state index in [0.717, 1.165) is 12.8 Å². The maximum Gasteiger partial charge on any atom is -1.00 e. The average Bonchev–Trinajstić information content (AvgIpc) is 2.96. The van der Waals surface area contributed by atoms with Crippen LogP contribution in [0.2, 0.25) is 0 Å². The molecule has 1 N–H and O–H groups in total. The molecule has 0 heterocycles. The number of halogens is 2. The number of carbonyl (C=O) groups is 1. The van der Waals surface area contributed by atoms with Gasteiger partial charge in [-0.1, -0.05) is 0 Å². The van der Waals surface area contributed by atoms with E-state index in [2.05, 4.69) is 98.6 Å². The van der Waals surface area contributed by atoms with Crippen molar-refractivity contribution in [2.45, 2.75) is 53.9 Å². The normalized spacial score (nSPS) is 15.4. The Hall–Kier alpha value is -0.943. The summed E-state index contributed by atoms with van der Waals surface area (Å²) in [4.78, 5) is 13.0. The van der Waals surface area contributed by atoms with Crippen molar-refractivity contribution >= 4 is 22.3 Å². The van der Waals surface area contributed by atoms with Gasteiger partial charge in [0, 0.05) is 0 Å². The van der Waals surface area contributed by atoms with Crippen LogP contribution < -0.4 is 38.5 Å². The second-order valence-electron chi connectivity index (χ2n) is 8.39. The van der Waals surface area contributed by atoms with Gasteiger partial charge in [-0.3, -0.25) is 0 Å². The Bertz CT molecular complexity index is 907. The number of nitrogens with one attached hydrogen (secondary N) is 1. The summed E-state index contributed by atoms with van der Waals surface area (Å²) in [5.74, 6) is -0.808. The van der Waals surface area contributed by atoms with Gasteiger partial charge in [-0.25, -0.2) is 0 Å². The fourth-order valence-electron chi connectivity index (χ4n) is 4.46. The third kappa shape index (κ3) is 6.56. The first kappa shape index (κ1) is 29.1. The molecule has 1 aliphatic rings. The van der Waals surface area contributed by atoms with Crippen molar-refractivity contribution in [3.05, 3.63) is 80.7 Å². The zero-order valence-electron chi connectivity index (χ0n) is 19.7. The standard InChI is InChI=1S/C12H11Si.C9H13.C5H11NO.2ClH.Hf/c1-3-7-11(8-4-1)13-12-9-5-2-6-10-12;1-6-5-7(2)9(4)8(6)3;1-2-3-4-5(6)7;;;/h1-10,13H;6H,1-4H3;2-4H2,1H3,(H2,6,7);2*1H;/q;;;;;+3/p-3. The minimum absolute atomic E-state index is 0. The maximum atomic E-state index is 13.0. The first-order valence-corrected chi connectivity index (χ1v) is 22.7. The molecule has 6 heteroatoms. The third-order valence-corrected chi connectivity index (χ3v) is 33.3.